The van der Waals surface area contributed by atoms with Gasteiger partial charge in [0.15, 0.2) is 8.32 Å². The van der Waals surface area contributed by atoms with Crippen molar-refractivity contribution in [1.29, 1.82) is 0 Å². The summed E-state index contributed by atoms with van der Waals surface area (Å²) in [6.07, 6.45) is 0.457. The van der Waals surface area contributed by atoms with Gasteiger partial charge in [0.25, 0.3) is 5.91 Å². The number of benzene rings is 1. The van der Waals surface area contributed by atoms with Crippen LogP contribution < -0.4 is 0 Å². The van der Waals surface area contributed by atoms with Crippen molar-refractivity contribution in [2.24, 2.45) is 0 Å². The minimum Gasteiger partial charge on any atom is -0.417 e. The molecule has 140 valence electrons. The van der Waals surface area contributed by atoms with Crippen LogP contribution in [0, 0.1) is 0 Å². The Kier molecular flexibility index (Phi) is 6.46. The number of hydrogen-bond acceptors (Lipinski definition) is 3. The maximum Gasteiger partial charge on any atom is 0.252 e. The zero-order valence-electron chi connectivity index (χ0n) is 16.5. The van der Waals surface area contributed by atoms with E-state index in [1.807, 2.05) is 30.0 Å². The Hall–Kier alpha value is -1.17. The molecule has 25 heavy (non-hydrogen) atoms. The van der Waals surface area contributed by atoms with Crippen molar-refractivity contribution >= 4 is 14.2 Å². The Bertz CT molecular complexity index is 568. The Balaban J connectivity index is 2.00. The lowest BCUT2D eigenvalue weighted by Crippen LogP contribution is -2.53. The van der Waals surface area contributed by atoms with Crippen LogP contribution in [0.3, 0.4) is 0 Å². The molecule has 0 bridgehead atoms. The summed E-state index contributed by atoms with van der Waals surface area (Å²) in [5.41, 5.74) is 1.15. The first kappa shape index (κ1) is 20.1. The van der Waals surface area contributed by atoms with Gasteiger partial charge in [-0.2, -0.15) is 0 Å². The molecule has 1 heterocycles. The quantitative estimate of drug-likeness (QED) is 0.711. The fourth-order valence-electron chi connectivity index (χ4n) is 2.72. The Morgan fingerprint density at radius 2 is 1.88 bits per heavy atom. The maximum atomic E-state index is 12.6. The second kappa shape index (κ2) is 8.02. The topological polar surface area (TPSA) is 38.8 Å². The van der Waals surface area contributed by atoms with Crippen molar-refractivity contribution in [3.8, 4) is 0 Å². The van der Waals surface area contributed by atoms with Crippen molar-refractivity contribution in [1.82, 2.24) is 4.90 Å². The lowest BCUT2D eigenvalue weighted by molar-refractivity contribution is -0.159. The summed E-state index contributed by atoms with van der Waals surface area (Å²) in [6, 6.07) is 10.2. The molecular weight excluding hydrogens is 330 g/mol. The highest BCUT2D eigenvalue weighted by molar-refractivity contribution is 6.74. The Morgan fingerprint density at radius 3 is 2.48 bits per heavy atom. The van der Waals surface area contributed by atoms with Gasteiger partial charge in [-0.05, 0) is 37.0 Å². The smallest absolute Gasteiger partial charge is 0.252 e. The average Bonchev–Trinajstić information content (AvgIpc) is 2.54. The number of carbonyl (C=O) groups excluding carboxylic acids is 1. The molecule has 1 aliphatic rings. The fourth-order valence-corrected chi connectivity index (χ4v) is 3.78. The molecule has 5 heteroatoms. The lowest BCUT2D eigenvalue weighted by atomic mass is 10.1. The number of ether oxygens (including phenoxy) is 1. The highest BCUT2D eigenvalue weighted by Crippen LogP contribution is 2.36. The Morgan fingerprint density at radius 1 is 1.24 bits per heavy atom. The van der Waals surface area contributed by atoms with E-state index in [-0.39, 0.29) is 23.1 Å². The standard InChI is InChI=1S/C20H33NO3Si/c1-16-19(22)21(14-17-10-8-7-9-11-17)18(15-23-16)12-13-24-25(5,6)20(2,3)4/h7-11,16,18H,12-15H2,1-6H3/t16?,18-/m1/s1. The third-order valence-electron chi connectivity index (χ3n) is 5.53. The van der Waals surface area contributed by atoms with Crippen LogP contribution in [0.4, 0.5) is 0 Å². The average molecular weight is 364 g/mol. The summed E-state index contributed by atoms with van der Waals surface area (Å²) >= 11 is 0. The molecule has 0 radical (unpaired) electrons. The van der Waals surface area contributed by atoms with E-state index in [1.54, 1.807) is 0 Å². The minimum atomic E-state index is -1.76. The number of morpholine rings is 1. The number of rotatable bonds is 6. The molecule has 1 fully saturated rings. The van der Waals surface area contributed by atoms with Gasteiger partial charge in [0, 0.05) is 13.2 Å². The van der Waals surface area contributed by atoms with Crippen molar-refractivity contribution in [3.05, 3.63) is 35.9 Å². The van der Waals surface area contributed by atoms with Crippen molar-refractivity contribution in [2.75, 3.05) is 13.2 Å². The molecule has 0 saturated carbocycles. The second-order valence-electron chi connectivity index (χ2n) is 8.48. The van der Waals surface area contributed by atoms with Gasteiger partial charge in [0.2, 0.25) is 0 Å². The third kappa shape index (κ3) is 5.15. The molecule has 1 aromatic carbocycles. The van der Waals surface area contributed by atoms with Gasteiger partial charge < -0.3 is 14.1 Å². The van der Waals surface area contributed by atoms with Crippen molar-refractivity contribution in [3.63, 3.8) is 0 Å². The second-order valence-corrected chi connectivity index (χ2v) is 13.3. The van der Waals surface area contributed by atoms with Gasteiger partial charge in [-0.3, -0.25) is 4.79 Å². The number of amides is 1. The fraction of sp³-hybridized carbons (Fsp3) is 0.650. The predicted molar refractivity (Wildman–Crippen MR) is 104 cm³/mol. The molecule has 4 nitrogen and oxygen atoms in total. The molecule has 1 aromatic rings. The van der Waals surface area contributed by atoms with E-state index >= 15 is 0 Å². The monoisotopic (exact) mass is 363 g/mol. The summed E-state index contributed by atoms with van der Waals surface area (Å²) in [7, 11) is -1.76. The number of nitrogens with zero attached hydrogens (tertiary/aromatic N) is 1. The largest absolute Gasteiger partial charge is 0.417 e. The molecule has 0 aliphatic carbocycles. The molecule has 0 aromatic heterocycles. The summed E-state index contributed by atoms with van der Waals surface area (Å²) in [5, 5.41) is 0.199. The van der Waals surface area contributed by atoms with Crippen LogP contribution in [0.1, 0.15) is 39.7 Å². The van der Waals surface area contributed by atoms with E-state index < -0.39 is 8.32 Å². The van der Waals surface area contributed by atoms with E-state index in [0.717, 1.165) is 12.0 Å². The summed E-state index contributed by atoms with van der Waals surface area (Å²) in [4.78, 5) is 14.6. The normalized spacial score (nSPS) is 22.3. The molecule has 1 aliphatic heterocycles. The molecule has 1 unspecified atom stereocenters. The molecule has 0 spiro atoms. The maximum absolute atomic E-state index is 12.6. The van der Waals surface area contributed by atoms with Crippen LogP contribution in [0.25, 0.3) is 0 Å². The number of hydrogen-bond donors (Lipinski definition) is 0. The molecular formula is C20H33NO3Si. The van der Waals surface area contributed by atoms with Crippen LogP contribution in [-0.4, -0.2) is 44.5 Å². The summed E-state index contributed by atoms with van der Waals surface area (Å²) in [6.45, 7) is 15.0. The van der Waals surface area contributed by atoms with Crippen LogP contribution in [0.5, 0.6) is 0 Å². The third-order valence-corrected chi connectivity index (χ3v) is 10.1. The van der Waals surface area contributed by atoms with E-state index in [4.69, 9.17) is 9.16 Å². The minimum absolute atomic E-state index is 0.0763. The van der Waals surface area contributed by atoms with E-state index in [0.29, 0.717) is 19.8 Å². The lowest BCUT2D eigenvalue weighted by Gasteiger charge is -2.40. The van der Waals surface area contributed by atoms with Gasteiger partial charge in [0.1, 0.15) is 6.10 Å². The number of carbonyl (C=O) groups is 1. The zero-order chi connectivity index (χ0) is 18.7. The van der Waals surface area contributed by atoms with E-state index in [2.05, 4.69) is 46.0 Å². The van der Waals surface area contributed by atoms with Gasteiger partial charge in [-0.15, -0.1) is 0 Å². The molecule has 2 atom stereocenters. The van der Waals surface area contributed by atoms with Gasteiger partial charge in [-0.1, -0.05) is 51.1 Å². The predicted octanol–water partition coefficient (Wildman–Crippen LogP) is 4.21. The van der Waals surface area contributed by atoms with Crippen molar-refractivity contribution < 1.29 is 14.0 Å². The van der Waals surface area contributed by atoms with Crippen LogP contribution >= 0.6 is 0 Å². The van der Waals surface area contributed by atoms with Crippen LogP contribution in [-0.2, 0) is 20.5 Å². The highest BCUT2D eigenvalue weighted by Gasteiger charge is 2.38. The summed E-state index contributed by atoms with van der Waals surface area (Å²) in [5.74, 6) is 0.0763. The highest BCUT2D eigenvalue weighted by atomic mass is 28.4. The first-order valence-corrected chi connectivity index (χ1v) is 12.1. The van der Waals surface area contributed by atoms with E-state index in [1.165, 1.54) is 0 Å². The molecule has 1 saturated heterocycles. The molecule has 1 amide bonds. The molecule has 2 rings (SSSR count). The Labute approximate surface area is 153 Å². The van der Waals surface area contributed by atoms with Gasteiger partial charge >= 0.3 is 0 Å². The van der Waals surface area contributed by atoms with Gasteiger partial charge in [0.05, 0.1) is 12.6 Å². The zero-order valence-corrected chi connectivity index (χ0v) is 17.5. The van der Waals surface area contributed by atoms with Gasteiger partial charge in [-0.25, -0.2) is 0 Å². The first-order chi connectivity index (χ1) is 11.6. The van der Waals surface area contributed by atoms with Crippen molar-refractivity contribution in [2.45, 2.75) is 70.9 Å². The SMILES string of the molecule is CC1OC[C@@H](CCO[Si](C)(C)C(C)(C)C)N(Cc2ccccc2)C1=O. The van der Waals surface area contributed by atoms with Crippen LogP contribution in [0.15, 0.2) is 30.3 Å². The van der Waals surface area contributed by atoms with Crippen LogP contribution in [0.2, 0.25) is 18.1 Å². The summed E-state index contributed by atoms with van der Waals surface area (Å²) < 4.78 is 12.0. The van der Waals surface area contributed by atoms with E-state index in [9.17, 15) is 4.79 Å². The molecule has 0 N–H and O–H groups in total. The first-order valence-electron chi connectivity index (χ1n) is 9.22.